The summed E-state index contributed by atoms with van der Waals surface area (Å²) in [6.45, 7) is 1.57. The minimum Gasteiger partial charge on any atom is -0.507 e. The Labute approximate surface area is 94.5 Å². The van der Waals surface area contributed by atoms with Gasteiger partial charge < -0.3 is 9.90 Å². The smallest absolute Gasteiger partial charge is 0.130 e. The number of hydrogen-bond acceptors (Lipinski definition) is 2. The molecular weight excluding hydrogens is 200 g/mol. The summed E-state index contributed by atoms with van der Waals surface area (Å²) >= 11 is 0. The van der Waals surface area contributed by atoms with Gasteiger partial charge in [0.05, 0.1) is 0 Å². The first-order valence-corrected chi connectivity index (χ1v) is 5.37. The molecule has 0 aromatic heterocycles. The van der Waals surface area contributed by atoms with Gasteiger partial charge in [-0.15, -0.1) is 0 Å². The van der Waals surface area contributed by atoms with E-state index in [2.05, 4.69) is 0 Å². The van der Waals surface area contributed by atoms with E-state index in [4.69, 9.17) is 0 Å². The fourth-order valence-electron chi connectivity index (χ4n) is 1.81. The third-order valence-corrected chi connectivity index (χ3v) is 2.73. The molecule has 16 heavy (non-hydrogen) atoms. The highest BCUT2D eigenvalue weighted by Crippen LogP contribution is 2.29. The molecule has 2 aromatic carbocycles. The third-order valence-electron chi connectivity index (χ3n) is 2.73. The van der Waals surface area contributed by atoms with E-state index in [1.54, 1.807) is 6.92 Å². The van der Waals surface area contributed by atoms with Crippen LogP contribution in [0.5, 0.6) is 5.75 Å². The van der Waals surface area contributed by atoms with Crippen LogP contribution < -0.4 is 0 Å². The van der Waals surface area contributed by atoms with E-state index in [1.807, 2.05) is 36.4 Å². The summed E-state index contributed by atoms with van der Waals surface area (Å²) in [5.41, 5.74) is 0.842. The highest BCUT2D eigenvalue weighted by atomic mass is 16.3. The Balaban J connectivity index is 2.40. The van der Waals surface area contributed by atoms with E-state index < -0.39 is 0 Å². The van der Waals surface area contributed by atoms with Gasteiger partial charge in [0.1, 0.15) is 11.5 Å². The summed E-state index contributed by atoms with van der Waals surface area (Å²) in [4.78, 5) is 10.9. The Morgan fingerprint density at radius 1 is 1.19 bits per heavy atom. The topological polar surface area (TPSA) is 37.3 Å². The van der Waals surface area contributed by atoms with Crippen molar-refractivity contribution in [3.05, 3.63) is 42.0 Å². The Bertz CT molecular complexity index is 529. The molecule has 0 heterocycles. The number of benzene rings is 2. The van der Waals surface area contributed by atoms with Gasteiger partial charge in [-0.1, -0.05) is 36.4 Å². The number of phenols is 1. The molecule has 0 amide bonds. The van der Waals surface area contributed by atoms with Crippen molar-refractivity contribution in [2.75, 3.05) is 0 Å². The van der Waals surface area contributed by atoms with Crippen LogP contribution in [0, 0.1) is 0 Å². The molecule has 2 heteroatoms. The number of phenolic OH excluding ortho intramolecular Hbond substituents is 1. The predicted octanol–water partition coefficient (Wildman–Crippen LogP) is 3.07. The van der Waals surface area contributed by atoms with E-state index >= 15 is 0 Å². The summed E-state index contributed by atoms with van der Waals surface area (Å²) in [6.07, 6.45) is 1.08. The first-order chi connectivity index (χ1) is 7.68. The average molecular weight is 214 g/mol. The van der Waals surface area contributed by atoms with Gasteiger partial charge in [-0.2, -0.15) is 0 Å². The Morgan fingerprint density at radius 2 is 1.94 bits per heavy atom. The molecule has 0 radical (unpaired) electrons. The van der Waals surface area contributed by atoms with E-state index in [9.17, 15) is 9.90 Å². The Morgan fingerprint density at radius 3 is 2.69 bits per heavy atom. The number of fused-ring (bicyclic) bond motifs is 1. The molecule has 0 spiro atoms. The SMILES string of the molecule is CC(=O)CCc1ccc2ccccc2c1O. The number of Topliss-reactive ketones (excluding diaryl/α,β-unsaturated/α-hetero) is 1. The van der Waals surface area contributed by atoms with Crippen LogP contribution in [0.2, 0.25) is 0 Å². The van der Waals surface area contributed by atoms with Crippen LogP contribution in [0.25, 0.3) is 10.8 Å². The summed E-state index contributed by atoms with van der Waals surface area (Å²) in [7, 11) is 0. The average Bonchev–Trinajstić information content (AvgIpc) is 2.28. The molecule has 2 aromatic rings. The van der Waals surface area contributed by atoms with Crippen molar-refractivity contribution in [3.63, 3.8) is 0 Å². The van der Waals surface area contributed by atoms with Crippen LogP contribution in [-0.4, -0.2) is 10.9 Å². The van der Waals surface area contributed by atoms with Crippen molar-refractivity contribution < 1.29 is 9.90 Å². The van der Waals surface area contributed by atoms with Crippen LogP contribution in [0.3, 0.4) is 0 Å². The second-order valence-electron chi connectivity index (χ2n) is 4.00. The molecule has 0 aliphatic heterocycles. The number of aryl methyl sites for hydroxylation is 1. The monoisotopic (exact) mass is 214 g/mol. The van der Waals surface area contributed by atoms with Gasteiger partial charge >= 0.3 is 0 Å². The number of ketones is 1. The largest absolute Gasteiger partial charge is 0.507 e. The fraction of sp³-hybridized carbons (Fsp3) is 0.214. The Kier molecular flexibility index (Phi) is 2.91. The van der Waals surface area contributed by atoms with Gasteiger partial charge in [-0.3, -0.25) is 0 Å². The standard InChI is InChI=1S/C14H14O2/c1-10(15)6-7-12-9-8-11-4-2-3-5-13(11)14(12)16/h2-5,8-9,16H,6-7H2,1H3. The van der Waals surface area contributed by atoms with Crippen LogP contribution in [0.15, 0.2) is 36.4 Å². The Hall–Kier alpha value is -1.83. The number of carbonyl (C=O) groups excluding carboxylic acids is 1. The van der Waals surface area contributed by atoms with Gasteiger partial charge in [0, 0.05) is 11.8 Å². The van der Waals surface area contributed by atoms with E-state index in [0.717, 1.165) is 16.3 Å². The summed E-state index contributed by atoms with van der Waals surface area (Å²) in [6, 6.07) is 11.6. The molecule has 2 rings (SSSR count). The number of hydrogen-bond donors (Lipinski definition) is 1. The van der Waals surface area contributed by atoms with Gasteiger partial charge in [0.25, 0.3) is 0 Å². The number of carbonyl (C=O) groups is 1. The highest BCUT2D eigenvalue weighted by Gasteiger charge is 2.06. The zero-order valence-electron chi connectivity index (χ0n) is 9.23. The summed E-state index contributed by atoms with van der Waals surface area (Å²) < 4.78 is 0. The zero-order chi connectivity index (χ0) is 11.5. The van der Waals surface area contributed by atoms with Gasteiger partial charge in [0.15, 0.2) is 0 Å². The fourth-order valence-corrected chi connectivity index (χ4v) is 1.81. The molecular formula is C14H14O2. The molecule has 0 aliphatic carbocycles. The lowest BCUT2D eigenvalue weighted by molar-refractivity contribution is -0.116. The molecule has 0 saturated carbocycles. The van der Waals surface area contributed by atoms with Crippen LogP contribution >= 0.6 is 0 Å². The van der Waals surface area contributed by atoms with Crippen molar-refractivity contribution in [1.29, 1.82) is 0 Å². The number of aromatic hydroxyl groups is 1. The minimum atomic E-state index is 0.146. The predicted molar refractivity (Wildman–Crippen MR) is 64.6 cm³/mol. The van der Waals surface area contributed by atoms with E-state index in [1.165, 1.54) is 0 Å². The van der Waals surface area contributed by atoms with E-state index in [0.29, 0.717) is 18.6 Å². The first-order valence-electron chi connectivity index (χ1n) is 5.37. The molecule has 0 atom stereocenters. The normalized spacial score (nSPS) is 10.6. The van der Waals surface area contributed by atoms with Gasteiger partial charge in [-0.25, -0.2) is 0 Å². The lowest BCUT2D eigenvalue weighted by atomic mass is 10.0. The molecule has 82 valence electrons. The van der Waals surface area contributed by atoms with Gasteiger partial charge in [0.2, 0.25) is 0 Å². The highest BCUT2D eigenvalue weighted by molar-refractivity contribution is 5.89. The van der Waals surface area contributed by atoms with Crippen molar-refractivity contribution in [2.45, 2.75) is 19.8 Å². The number of rotatable bonds is 3. The lowest BCUT2D eigenvalue weighted by Gasteiger charge is -2.06. The van der Waals surface area contributed by atoms with Crippen LogP contribution in [0.1, 0.15) is 18.9 Å². The van der Waals surface area contributed by atoms with Crippen molar-refractivity contribution in [2.24, 2.45) is 0 Å². The second kappa shape index (κ2) is 4.35. The summed E-state index contributed by atoms with van der Waals surface area (Å²) in [5, 5.41) is 11.9. The molecule has 0 fully saturated rings. The van der Waals surface area contributed by atoms with Crippen molar-refractivity contribution >= 4 is 16.6 Å². The molecule has 0 saturated heterocycles. The summed E-state index contributed by atoms with van der Waals surface area (Å²) in [5.74, 6) is 0.451. The molecule has 1 N–H and O–H groups in total. The van der Waals surface area contributed by atoms with Crippen LogP contribution in [0.4, 0.5) is 0 Å². The molecule has 0 bridgehead atoms. The maximum absolute atomic E-state index is 10.9. The van der Waals surface area contributed by atoms with Crippen molar-refractivity contribution in [3.8, 4) is 5.75 Å². The minimum absolute atomic E-state index is 0.146. The molecule has 2 nitrogen and oxygen atoms in total. The maximum atomic E-state index is 10.9. The molecule has 0 unspecified atom stereocenters. The van der Waals surface area contributed by atoms with E-state index in [-0.39, 0.29) is 5.78 Å². The maximum Gasteiger partial charge on any atom is 0.130 e. The third kappa shape index (κ3) is 2.06. The second-order valence-corrected chi connectivity index (χ2v) is 4.00. The first kappa shape index (κ1) is 10.7. The lowest BCUT2D eigenvalue weighted by Crippen LogP contribution is -1.94. The van der Waals surface area contributed by atoms with Crippen molar-refractivity contribution in [1.82, 2.24) is 0 Å². The quantitative estimate of drug-likeness (QED) is 0.852. The zero-order valence-corrected chi connectivity index (χ0v) is 9.23. The van der Waals surface area contributed by atoms with Gasteiger partial charge in [-0.05, 0) is 24.3 Å². The van der Waals surface area contributed by atoms with Crippen LogP contribution in [-0.2, 0) is 11.2 Å². The molecule has 0 aliphatic rings.